The number of benzene rings is 1. The number of aromatic nitrogens is 2. The summed E-state index contributed by atoms with van der Waals surface area (Å²) < 4.78 is 11.2. The van der Waals surface area contributed by atoms with Crippen LogP contribution < -0.4 is 0 Å². The van der Waals surface area contributed by atoms with Crippen LogP contribution in [0.25, 0.3) is 11.4 Å². The molecule has 2 aliphatic carbocycles. The van der Waals surface area contributed by atoms with Crippen LogP contribution in [0.5, 0.6) is 0 Å². The Morgan fingerprint density at radius 3 is 2.55 bits per heavy atom. The minimum Gasteiger partial charge on any atom is -0.455 e. The van der Waals surface area contributed by atoms with Gasteiger partial charge in [-0.2, -0.15) is 4.98 Å². The maximum absolute atomic E-state index is 12.8. The monoisotopic (exact) mass is 450 g/mol. The van der Waals surface area contributed by atoms with Gasteiger partial charge in [-0.3, -0.25) is 4.79 Å². The van der Waals surface area contributed by atoms with Crippen LogP contribution in [0.1, 0.15) is 38.0 Å². The first kappa shape index (κ1) is 19.8. The molecular weight excluding hydrogens is 428 g/mol. The Balaban J connectivity index is 1.20. The maximum atomic E-state index is 12.8. The van der Waals surface area contributed by atoms with E-state index in [1.807, 2.05) is 12.1 Å². The van der Waals surface area contributed by atoms with Gasteiger partial charge in [-0.05, 0) is 61.8 Å². The molecule has 1 saturated heterocycles. The smallest absolute Gasteiger partial charge is 0.309 e. The molecule has 1 unspecified atom stereocenters. The summed E-state index contributed by atoms with van der Waals surface area (Å²) in [5.74, 6) is 4.43. The van der Waals surface area contributed by atoms with Crippen molar-refractivity contribution >= 4 is 41.1 Å². The average molecular weight is 451 g/mol. The fraction of sp³-hybridized carbons (Fsp3) is 0.571. The van der Waals surface area contributed by atoms with Crippen LogP contribution in [0.4, 0.5) is 0 Å². The zero-order chi connectivity index (χ0) is 19.8. The van der Waals surface area contributed by atoms with Crippen LogP contribution in [0.15, 0.2) is 28.8 Å². The number of halogens is 1. The normalized spacial score (nSPS) is 27.8. The van der Waals surface area contributed by atoms with E-state index in [0.717, 1.165) is 18.4 Å². The van der Waals surface area contributed by atoms with Gasteiger partial charge in [0.05, 0.1) is 10.00 Å². The molecule has 5 nitrogen and oxygen atoms in total. The van der Waals surface area contributed by atoms with Gasteiger partial charge in [0.2, 0.25) is 5.82 Å². The first-order valence-electron chi connectivity index (χ1n) is 10.2. The molecule has 2 heterocycles. The third-order valence-corrected chi connectivity index (χ3v) is 10.6. The van der Waals surface area contributed by atoms with E-state index < -0.39 is 0 Å². The van der Waals surface area contributed by atoms with Crippen molar-refractivity contribution in [2.45, 2.75) is 42.8 Å². The number of ether oxygens (including phenoxy) is 1. The van der Waals surface area contributed by atoms with E-state index in [9.17, 15) is 4.79 Å². The zero-order valence-electron chi connectivity index (χ0n) is 16.0. The Hall–Kier alpha value is -1.18. The highest BCUT2D eigenvalue weighted by Crippen LogP contribution is 2.64. The highest BCUT2D eigenvalue weighted by atomic mass is 35.5. The number of hydrogen-bond acceptors (Lipinski definition) is 7. The largest absolute Gasteiger partial charge is 0.455 e. The fourth-order valence-electron chi connectivity index (χ4n) is 5.08. The van der Waals surface area contributed by atoms with Gasteiger partial charge in [0.25, 0.3) is 5.89 Å². The third kappa shape index (κ3) is 3.81. The Labute approximate surface area is 183 Å². The molecule has 0 amide bonds. The quantitative estimate of drug-likeness (QED) is 0.575. The third-order valence-electron chi connectivity index (χ3n) is 6.36. The topological polar surface area (TPSA) is 65.2 Å². The highest BCUT2D eigenvalue weighted by molar-refractivity contribution is 8.21. The summed E-state index contributed by atoms with van der Waals surface area (Å²) in [6, 6.07) is 7.22. The molecule has 0 N–H and O–H groups in total. The summed E-state index contributed by atoms with van der Waals surface area (Å²) in [4.78, 5) is 17.1. The van der Waals surface area contributed by atoms with Crippen molar-refractivity contribution in [2.75, 3.05) is 11.5 Å². The first-order chi connectivity index (χ1) is 14.1. The van der Waals surface area contributed by atoms with Crippen molar-refractivity contribution in [1.82, 2.24) is 10.1 Å². The number of hydrogen-bond donors (Lipinski definition) is 0. The summed E-state index contributed by atoms with van der Waals surface area (Å²) in [6.07, 6.45) is 5.70. The van der Waals surface area contributed by atoms with Gasteiger partial charge in [-0.15, -0.1) is 23.5 Å². The van der Waals surface area contributed by atoms with Crippen LogP contribution in [0, 0.1) is 17.8 Å². The van der Waals surface area contributed by atoms with Crippen LogP contribution >= 0.6 is 35.1 Å². The summed E-state index contributed by atoms with van der Waals surface area (Å²) in [5, 5.41) is 4.63. The summed E-state index contributed by atoms with van der Waals surface area (Å²) in [6.45, 7) is 0.0277. The van der Waals surface area contributed by atoms with Gasteiger partial charge >= 0.3 is 5.97 Å². The van der Waals surface area contributed by atoms with Crippen LogP contribution in [0.3, 0.4) is 0 Å². The Morgan fingerprint density at radius 2 is 1.86 bits per heavy atom. The van der Waals surface area contributed by atoms with E-state index in [1.165, 1.54) is 30.8 Å². The molecule has 29 heavy (non-hydrogen) atoms. The van der Waals surface area contributed by atoms with E-state index in [0.29, 0.717) is 32.7 Å². The van der Waals surface area contributed by atoms with Crippen molar-refractivity contribution in [1.29, 1.82) is 0 Å². The molecule has 2 bridgehead atoms. The second-order valence-corrected chi connectivity index (χ2v) is 11.5. The fourth-order valence-corrected chi connectivity index (χ4v) is 9.15. The van der Waals surface area contributed by atoms with Crippen molar-refractivity contribution < 1.29 is 14.1 Å². The second kappa shape index (κ2) is 8.16. The van der Waals surface area contributed by atoms with Crippen molar-refractivity contribution in [3.63, 3.8) is 0 Å². The van der Waals surface area contributed by atoms with E-state index in [-0.39, 0.29) is 18.5 Å². The summed E-state index contributed by atoms with van der Waals surface area (Å²) >= 11 is 10.2. The number of esters is 1. The number of carbonyl (C=O) groups excluding carboxylic acids is 1. The van der Waals surface area contributed by atoms with Gasteiger partial charge in [0, 0.05) is 22.1 Å². The molecule has 1 aliphatic heterocycles. The number of carbonyl (C=O) groups is 1. The number of nitrogens with zero attached hydrogens (tertiary/aromatic N) is 2. The molecule has 3 fully saturated rings. The first-order valence-corrected chi connectivity index (χ1v) is 12.5. The molecule has 2 saturated carbocycles. The van der Waals surface area contributed by atoms with E-state index >= 15 is 0 Å². The van der Waals surface area contributed by atoms with Crippen molar-refractivity contribution in [3.05, 3.63) is 35.2 Å². The maximum Gasteiger partial charge on any atom is 0.309 e. The lowest BCUT2D eigenvalue weighted by Crippen LogP contribution is -2.48. The molecule has 1 aromatic carbocycles. The lowest BCUT2D eigenvalue weighted by Gasteiger charge is -2.51. The van der Waals surface area contributed by atoms with Crippen LogP contribution in [0.2, 0.25) is 5.02 Å². The molecule has 3 aliphatic rings. The predicted octanol–water partition coefficient (Wildman–Crippen LogP) is 5.44. The molecule has 3 atom stereocenters. The molecule has 5 rings (SSSR count). The average Bonchev–Trinajstić information content (AvgIpc) is 3.37. The van der Waals surface area contributed by atoms with E-state index in [2.05, 4.69) is 33.7 Å². The summed E-state index contributed by atoms with van der Waals surface area (Å²) in [7, 11) is 0. The van der Waals surface area contributed by atoms with Gasteiger partial charge in [-0.25, -0.2) is 0 Å². The Bertz CT molecular complexity index is 866. The van der Waals surface area contributed by atoms with E-state index in [4.69, 9.17) is 20.9 Å². The lowest BCUT2D eigenvalue weighted by molar-refractivity contribution is -0.153. The van der Waals surface area contributed by atoms with Gasteiger partial charge < -0.3 is 9.26 Å². The predicted molar refractivity (Wildman–Crippen MR) is 116 cm³/mol. The molecular formula is C21H23ClN2O3S2. The Morgan fingerprint density at radius 1 is 1.17 bits per heavy atom. The highest BCUT2D eigenvalue weighted by Gasteiger charge is 2.55. The minimum atomic E-state index is -0.115. The zero-order valence-corrected chi connectivity index (χ0v) is 18.4. The van der Waals surface area contributed by atoms with Crippen LogP contribution in [-0.4, -0.2) is 31.7 Å². The van der Waals surface area contributed by atoms with E-state index in [1.54, 1.807) is 12.1 Å². The Kier molecular flexibility index (Phi) is 5.56. The summed E-state index contributed by atoms with van der Waals surface area (Å²) in [5.41, 5.74) is 0.813. The molecule has 1 spiro atoms. The van der Waals surface area contributed by atoms with Crippen molar-refractivity contribution in [3.8, 4) is 11.4 Å². The molecule has 154 valence electrons. The van der Waals surface area contributed by atoms with Gasteiger partial charge in [-0.1, -0.05) is 23.2 Å². The SMILES string of the molecule is O=C(OCc1nc(-c2ccc(Cl)cc2)no1)C1C[C@H]2CCC[C@@H](C1)C21SCCS1. The van der Waals surface area contributed by atoms with Crippen molar-refractivity contribution in [2.24, 2.45) is 17.8 Å². The van der Waals surface area contributed by atoms with Gasteiger partial charge in [0.15, 0.2) is 6.61 Å². The standard InChI is InChI=1S/C21H23ClN2O3S2/c22-17-6-4-13(5-7-17)19-23-18(27-24-19)12-26-20(25)14-10-15-2-1-3-16(11-14)21(15)28-8-9-29-21/h4-7,14-16H,1-3,8-12H2/t14?,15-,16+. The lowest BCUT2D eigenvalue weighted by atomic mass is 9.67. The second-order valence-electron chi connectivity index (χ2n) is 8.04. The van der Waals surface area contributed by atoms with Crippen LogP contribution in [-0.2, 0) is 16.1 Å². The molecule has 1 aromatic heterocycles. The van der Waals surface area contributed by atoms with Gasteiger partial charge in [0.1, 0.15) is 0 Å². The molecule has 8 heteroatoms. The molecule has 2 aromatic rings. The number of rotatable bonds is 4. The molecule has 0 radical (unpaired) electrons. The number of thioether (sulfide) groups is 2. The minimum absolute atomic E-state index is 0.00335.